The van der Waals surface area contributed by atoms with Crippen molar-refractivity contribution in [1.82, 2.24) is 5.09 Å². The minimum atomic E-state index is -3.61. The first kappa shape index (κ1) is 18.4. The Kier molecular flexibility index (Phi) is 7.88. The average Bonchev–Trinajstić information content (AvgIpc) is 2.48. The van der Waals surface area contributed by atoms with Gasteiger partial charge in [-0.3, -0.25) is 14.1 Å². The molecule has 1 rings (SSSR count). The lowest BCUT2D eigenvalue weighted by Crippen LogP contribution is -2.22. The normalized spacial score (nSPS) is 12.0. The van der Waals surface area contributed by atoms with Crippen LogP contribution in [0.4, 0.5) is 0 Å². The smallest absolute Gasteiger partial charge is 0.432 e. The summed E-state index contributed by atoms with van der Waals surface area (Å²) in [5.74, 6) is -0.619. The largest absolute Gasteiger partial charge is 0.461 e. The van der Waals surface area contributed by atoms with Crippen LogP contribution in [0.25, 0.3) is 6.08 Å². The Morgan fingerprint density at radius 2 is 1.68 bits per heavy atom. The second-order valence-electron chi connectivity index (χ2n) is 4.13. The first-order chi connectivity index (χ1) is 10.5. The number of esters is 1. The molecule has 1 aromatic rings. The maximum absolute atomic E-state index is 12.5. The fourth-order valence-corrected chi connectivity index (χ4v) is 2.99. The SMILES string of the molecule is CCOC(=O)/C(=C\c1ccccc1)NP(=O)(OCC)OCC. The Hall–Kier alpha value is -1.62. The summed E-state index contributed by atoms with van der Waals surface area (Å²) < 4.78 is 27.8. The molecular weight excluding hydrogens is 305 g/mol. The Bertz CT molecular complexity index is 534. The van der Waals surface area contributed by atoms with E-state index in [0.717, 1.165) is 5.56 Å². The number of rotatable bonds is 9. The fourth-order valence-electron chi connectivity index (χ4n) is 1.65. The number of carbonyl (C=O) groups excluding carboxylic acids is 1. The monoisotopic (exact) mass is 327 g/mol. The summed E-state index contributed by atoms with van der Waals surface area (Å²) in [5, 5.41) is 2.56. The van der Waals surface area contributed by atoms with Crippen molar-refractivity contribution >= 4 is 19.8 Å². The van der Waals surface area contributed by atoms with Crippen LogP contribution >= 0.6 is 7.75 Å². The van der Waals surface area contributed by atoms with Crippen LogP contribution in [-0.2, 0) is 23.1 Å². The van der Waals surface area contributed by atoms with Gasteiger partial charge in [-0.25, -0.2) is 9.36 Å². The number of hydrogen-bond donors (Lipinski definition) is 1. The molecule has 0 amide bonds. The van der Waals surface area contributed by atoms with Gasteiger partial charge in [-0.15, -0.1) is 0 Å². The van der Waals surface area contributed by atoms with E-state index in [1.54, 1.807) is 26.8 Å². The van der Waals surface area contributed by atoms with Gasteiger partial charge in [0.2, 0.25) is 0 Å². The summed E-state index contributed by atoms with van der Waals surface area (Å²) in [5.41, 5.74) is 0.788. The molecule has 22 heavy (non-hydrogen) atoms. The molecule has 0 aliphatic rings. The van der Waals surface area contributed by atoms with E-state index in [0.29, 0.717) is 0 Å². The molecule has 0 spiro atoms. The quantitative estimate of drug-likeness (QED) is 0.426. The zero-order valence-corrected chi connectivity index (χ0v) is 14.0. The van der Waals surface area contributed by atoms with Crippen LogP contribution in [-0.4, -0.2) is 25.8 Å². The van der Waals surface area contributed by atoms with E-state index in [9.17, 15) is 9.36 Å². The van der Waals surface area contributed by atoms with Gasteiger partial charge in [0.15, 0.2) is 0 Å². The number of benzene rings is 1. The molecular formula is C15H22NO5P. The highest BCUT2D eigenvalue weighted by Gasteiger charge is 2.27. The van der Waals surface area contributed by atoms with Gasteiger partial charge in [-0.05, 0) is 32.4 Å². The lowest BCUT2D eigenvalue weighted by Gasteiger charge is -2.19. The molecule has 0 aliphatic carbocycles. The Morgan fingerprint density at radius 3 is 2.18 bits per heavy atom. The molecule has 0 radical (unpaired) electrons. The Morgan fingerprint density at radius 1 is 1.09 bits per heavy atom. The number of nitrogens with one attached hydrogen (secondary N) is 1. The summed E-state index contributed by atoms with van der Waals surface area (Å²) in [4.78, 5) is 12.0. The van der Waals surface area contributed by atoms with E-state index in [4.69, 9.17) is 13.8 Å². The van der Waals surface area contributed by atoms with Gasteiger partial charge in [0, 0.05) is 0 Å². The van der Waals surface area contributed by atoms with Gasteiger partial charge in [0.1, 0.15) is 5.70 Å². The highest BCUT2D eigenvalue weighted by Crippen LogP contribution is 2.44. The lowest BCUT2D eigenvalue weighted by atomic mass is 10.2. The minimum absolute atomic E-state index is 0.0262. The van der Waals surface area contributed by atoms with E-state index in [1.165, 1.54) is 0 Å². The van der Waals surface area contributed by atoms with Crippen molar-refractivity contribution < 1.29 is 23.1 Å². The maximum Gasteiger partial charge on any atom is 0.432 e. The van der Waals surface area contributed by atoms with E-state index in [2.05, 4.69) is 5.09 Å². The summed E-state index contributed by atoms with van der Waals surface area (Å²) in [6.45, 7) is 5.66. The van der Waals surface area contributed by atoms with E-state index in [1.807, 2.05) is 30.3 Å². The van der Waals surface area contributed by atoms with E-state index in [-0.39, 0.29) is 25.5 Å². The Labute approximate surface area is 131 Å². The first-order valence-corrected chi connectivity index (χ1v) is 8.70. The van der Waals surface area contributed by atoms with Crippen LogP contribution in [0.5, 0.6) is 0 Å². The predicted molar refractivity (Wildman–Crippen MR) is 85.0 cm³/mol. The fraction of sp³-hybridized carbons (Fsp3) is 0.400. The molecule has 1 aromatic carbocycles. The van der Waals surface area contributed by atoms with Crippen molar-refractivity contribution in [3.63, 3.8) is 0 Å². The highest BCUT2D eigenvalue weighted by atomic mass is 31.2. The molecule has 0 bridgehead atoms. The van der Waals surface area contributed by atoms with Crippen molar-refractivity contribution in [1.29, 1.82) is 0 Å². The van der Waals surface area contributed by atoms with Gasteiger partial charge in [0.25, 0.3) is 0 Å². The first-order valence-electron chi connectivity index (χ1n) is 7.15. The summed E-state index contributed by atoms with van der Waals surface area (Å²) in [6.07, 6.45) is 1.54. The van der Waals surface area contributed by atoms with Gasteiger partial charge in [-0.1, -0.05) is 30.3 Å². The van der Waals surface area contributed by atoms with Crippen molar-refractivity contribution in [2.75, 3.05) is 19.8 Å². The molecule has 0 unspecified atom stereocenters. The minimum Gasteiger partial charge on any atom is -0.461 e. The van der Waals surface area contributed by atoms with Crippen LogP contribution < -0.4 is 5.09 Å². The summed E-state index contributed by atoms with van der Waals surface area (Å²) in [6, 6.07) is 9.15. The lowest BCUT2D eigenvalue weighted by molar-refractivity contribution is -0.138. The summed E-state index contributed by atoms with van der Waals surface area (Å²) >= 11 is 0. The van der Waals surface area contributed by atoms with Crippen LogP contribution in [0.2, 0.25) is 0 Å². The Balaban J connectivity index is 3.07. The molecule has 0 saturated carbocycles. The third kappa shape index (κ3) is 6.02. The van der Waals surface area contributed by atoms with Crippen molar-refractivity contribution in [2.24, 2.45) is 0 Å². The third-order valence-electron chi connectivity index (χ3n) is 2.46. The second-order valence-corrected chi connectivity index (χ2v) is 5.87. The zero-order valence-electron chi connectivity index (χ0n) is 13.1. The molecule has 0 saturated heterocycles. The molecule has 122 valence electrons. The molecule has 0 heterocycles. The standard InChI is InChI=1S/C15H22NO5P/c1-4-19-15(17)14(12-13-10-8-7-9-11-13)16-22(18,20-5-2)21-6-3/h7-12H,4-6H2,1-3H3,(H,16,18)/b14-12+. The predicted octanol–water partition coefficient (Wildman–Crippen LogP) is 3.36. The van der Waals surface area contributed by atoms with Gasteiger partial charge >= 0.3 is 13.7 Å². The van der Waals surface area contributed by atoms with Crippen molar-refractivity contribution in [3.05, 3.63) is 41.6 Å². The molecule has 0 aliphatic heterocycles. The van der Waals surface area contributed by atoms with Crippen molar-refractivity contribution in [2.45, 2.75) is 20.8 Å². The maximum atomic E-state index is 12.5. The number of carbonyl (C=O) groups is 1. The zero-order chi connectivity index (χ0) is 16.4. The van der Waals surface area contributed by atoms with Crippen molar-refractivity contribution in [3.8, 4) is 0 Å². The van der Waals surface area contributed by atoms with Crippen LogP contribution in [0.15, 0.2) is 36.0 Å². The molecule has 7 heteroatoms. The van der Waals surface area contributed by atoms with Crippen LogP contribution in [0.3, 0.4) is 0 Å². The van der Waals surface area contributed by atoms with E-state index >= 15 is 0 Å². The average molecular weight is 327 g/mol. The molecule has 6 nitrogen and oxygen atoms in total. The van der Waals surface area contributed by atoms with Crippen LogP contribution in [0.1, 0.15) is 26.3 Å². The summed E-state index contributed by atoms with van der Waals surface area (Å²) in [7, 11) is -3.61. The topological polar surface area (TPSA) is 73.9 Å². The third-order valence-corrected chi connectivity index (χ3v) is 4.17. The number of hydrogen-bond acceptors (Lipinski definition) is 5. The van der Waals surface area contributed by atoms with Crippen LogP contribution in [0, 0.1) is 0 Å². The van der Waals surface area contributed by atoms with E-state index < -0.39 is 13.7 Å². The molecule has 0 aromatic heterocycles. The molecule has 0 fully saturated rings. The van der Waals surface area contributed by atoms with Gasteiger partial charge in [0.05, 0.1) is 19.8 Å². The van der Waals surface area contributed by atoms with Gasteiger partial charge < -0.3 is 4.74 Å². The highest BCUT2D eigenvalue weighted by molar-refractivity contribution is 7.51. The second kappa shape index (κ2) is 9.41. The molecule has 1 N–H and O–H groups in total. The number of ether oxygens (including phenoxy) is 1. The van der Waals surface area contributed by atoms with Gasteiger partial charge in [-0.2, -0.15) is 0 Å². The molecule has 0 atom stereocenters.